The van der Waals surface area contributed by atoms with E-state index in [0.717, 1.165) is 18.2 Å². The quantitative estimate of drug-likeness (QED) is 0.287. The smallest absolute Gasteiger partial charge is 0.263 e. The number of carbonyl (C=O) groups excluding carboxylic acids is 1. The van der Waals surface area contributed by atoms with Crippen molar-refractivity contribution in [3.63, 3.8) is 0 Å². The molecule has 2 aromatic heterocycles. The minimum Gasteiger partial charge on any atom is -0.480 e. The minimum atomic E-state index is -4.24. The van der Waals surface area contributed by atoms with Gasteiger partial charge in [0.1, 0.15) is 16.4 Å². The molecule has 2 N–H and O–H groups in total. The maximum absolute atomic E-state index is 13.5. The molecule has 4 rings (SSSR count). The van der Waals surface area contributed by atoms with E-state index in [4.69, 9.17) is 21.1 Å². The van der Waals surface area contributed by atoms with Crippen LogP contribution in [0.1, 0.15) is 0 Å². The standard InChI is InChI=1S/C26H25ClFN5O6S/c1-29-24(34)17(13-38-2)12-33-14-31-21-6-4-15(8-19(21)26(33)35)16-9-22(25(39-3)30-11-16)32-40(36,37)23-7-5-18(28)10-20(23)27/h4-11,14,17,32H,12-13H2,1-3H3,(H,29,34)/t17-/m1/s1. The van der Waals surface area contributed by atoms with Crippen molar-refractivity contribution in [3.8, 4) is 17.0 Å². The Morgan fingerprint density at radius 1 is 1.12 bits per heavy atom. The van der Waals surface area contributed by atoms with Crippen molar-refractivity contribution in [3.05, 3.63) is 76.2 Å². The molecule has 0 radical (unpaired) electrons. The summed E-state index contributed by atoms with van der Waals surface area (Å²) < 4.78 is 53.6. The molecule has 1 atom stereocenters. The summed E-state index contributed by atoms with van der Waals surface area (Å²) in [6.07, 6.45) is 2.83. The van der Waals surface area contributed by atoms with E-state index in [0.29, 0.717) is 16.6 Å². The number of nitrogens with one attached hydrogen (secondary N) is 2. The number of pyridine rings is 1. The normalized spacial score (nSPS) is 12.2. The van der Waals surface area contributed by atoms with Gasteiger partial charge in [-0.1, -0.05) is 17.7 Å². The molecule has 0 fully saturated rings. The average molecular weight is 590 g/mol. The van der Waals surface area contributed by atoms with Crippen molar-refractivity contribution in [2.45, 2.75) is 11.4 Å². The molecule has 210 valence electrons. The number of fused-ring (bicyclic) bond motifs is 1. The molecule has 0 spiro atoms. The lowest BCUT2D eigenvalue weighted by atomic mass is 10.0. The van der Waals surface area contributed by atoms with E-state index in [9.17, 15) is 22.4 Å². The molecule has 2 heterocycles. The molecule has 0 unspecified atom stereocenters. The summed E-state index contributed by atoms with van der Waals surface area (Å²) in [4.78, 5) is 33.7. The highest BCUT2D eigenvalue weighted by atomic mass is 35.5. The average Bonchev–Trinajstić information content (AvgIpc) is 2.93. The zero-order valence-electron chi connectivity index (χ0n) is 21.6. The largest absolute Gasteiger partial charge is 0.480 e. The van der Waals surface area contributed by atoms with Crippen LogP contribution < -0.4 is 20.3 Å². The number of aromatic nitrogens is 3. The minimum absolute atomic E-state index is 0.00271. The fourth-order valence-electron chi connectivity index (χ4n) is 4.06. The van der Waals surface area contributed by atoms with E-state index in [1.54, 1.807) is 18.2 Å². The summed E-state index contributed by atoms with van der Waals surface area (Å²) in [7, 11) is 0.0556. The monoisotopic (exact) mass is 589 g/mol. The third kappa shape index (κ3) is 6.06. The van der Waals surface area contributed by atoms with Crippen LogP contribution in [0.15, 0.2) is 64.7 Å². The van der Waals surface area contributed by atoms with Gasteiger partial charge in [0.25, 0.3) is 15.6 Å². The number of nitrogens with zero attached hydrogens (tertiary/aromatic N) is 3. The third-order valence-corrected chi connectivity index (χ3v) is 7.88. The van der Waals surface area contributed by atoms with E-state index in [2.05, 4.69) is 20.0 Å². The second-order valence-corrected chi connectivity index (χ2v) is 10.7. The third-order valence-electron chi connectivity index (χ3n) is 6.03. The molecule has 11 nitrogen and oxygen atoms in total. The van der Waals surface area contributed by atoms with E-state index >= 15 is 0 Å². The number of anilines is 1. The number of hydrogen-bond acceptors (Lipinski definition) is 8. The Morgan fingerprint density at radius 2 is 1.90 bits per heavy atom. The van der Waals surface area contributed by atoms with Crippen LogP contribution in [0.25, 0.3) is 22.0 Å². The van der Waals surface area contributed by atoms with Crippen LogP contribution in [0, 0.1) is 11.7 Å². The molecule has 2 aromatic carbocycles. The maximum Gasteiger partial charge on any atom is 0.263 e. The van der Waals surface area contributed by atoms with Crippen LogP contribution in [-0.2, 0) is 26.1 Å². The van der Waals surface area contributed by atoms with Crippen LogP contribution in [0.2, 0.25) is 5.02 Å². The van der Waals surface area contributed by atoms with Crippen molar-refractivity contribution in [1.82, 2.24) is 19.9 Å². The second-order valence-electron chi connectivity index (χ2n) is 8.66. The number of hydrogen-bond donors (Lipinski definition) is 2. The van der Waals surface area contributed by atoms with Crippen LogP contribution in [0.3, 0.4) is 0 Å². The number of benzene rings is 2. The van der Waals surface area contributed by atoms with Gasteiger partial charge in [-0.15, -0.1) is 0 Å². The van der Waals surface area contributed by atoms with Crippen LogP contribution in [-0.4, -0.2) is 56.7 Å². The molecule has 14 heteroatoms. The fraction of sp³-hybridized carbons (Fsp3) is 0.231. The first-order chi connectivity index (χ1) is 19.1. The lowest BCUT2D eigenvalue weighted by Gasteiger charge is -2.16. The molecule has 40 heavy (non-hydrogen) atoms. The van der Waals surface area contributed by atoms with Gasteiger partial charge in [0, 0.05) is 32.5 Å². The molecule has 0 saturated carbocycles. The summed E-state index contributed by atoms with van der Waals surface area (Å²) in [6, 6.07) is 9.36. The van der Waals surface area contributed by atoms with Gasteiger partial charge in [-0.25, -0.2) is 22.8 Å². The van der Waals surface area contributed by atoms with Crippen molar-refractivity contribution >= 4 is 44.1 Å². The number of sulfonamides is 1. The van der Waals surface area contributed by atoms with E-state index in [-0.39, 0.29) is 51.5 Å². The molecule has 0 saturated heterocycles. The number of methoxy groups -OCH3 is 2. The Morgan fingerprint density at radius 3 is 2.58 bits per heavy atom. The van der Waals surface area contributed by atoms with Crippen molar-refractivity contribution in [1.29, 1.82) is 0 Å². The summed E-state index contributed by atoms with van der Waals surface area (Å²) in [5.74, 6) is -1.58. The van der Waals surface area contributed by atoms with Gasteiger partial charge in [0.15, 0.2) is 0 Å². The van der Waals surface area contributed by atoms with Crippen molar-refractivity contribution in [2.75, 3.05) is 32.6 Å². The summed E-state index contributed by atoms with van der Waals surface area (Å²) in [5, 5.41) is 2.55. The Balaban J connectivity index is 1.73. The molecule has 0 aliphatic heterocycles. The number of amides is 1. The van der Waals surface area contributed by atoms with Crippen LogP contribution >= 0.6 is 11.6 Å². The SMILES string of the molecule is CNC(=O)[C@@H](COC)Cn1cnc2ccc(-c3cnc(OC)c(NS(=O)(=O)c4ccc(F)cc4Cl)c3)cc2c1=O. The van der Waals surface area contributed by atoms with Gasteiger partial charge in [0.05, 0.1) is 41.9 Å². The highest BCUT2D eigenvalue weighted by Crippen LogP contribution is 2.32. The van der Waals surface area contributed by atoms with Crippen LogP contribution in [0.4, 0.5) is 10.1 Å². The Bertz CT molecular complexity index is 1750. The Kier molecular flexibility index (Phi) is 8.67. The van der Waals surface area contributed by atoms with Crippen LogP contribution in [0.5, 0.6) is 5.88 Å². The summed E-state index contributed by atoms with van der Waals surface area (Å²) >= 11 is 5.97. The first-order valence-electron chi connectivity index (χ1n) is 11.8. The highest BCUT2D eigenvalue weighted by Gasteiger charge is 2.22. The number of ether oxygens (including phenoxy) is 2. The summed E-state index contributed by atoms with van der Waals surface area (Å²) in [5.41, 5.74) is 1.06. The maximum atomic E-state index is 13.5. The van der Waals surface area contributed by atoms with E-state index < -0.39 is 21.8 Å². The first-order valence-corrected chi connectivity index (χ1v) is 13.7. The Hall–Kier alpha value is -4.07. The number of rotatable bonds is 10. The fourth-order valence-corrected chi connectivity index (χ4v) is 5.64. The second kappa shape index (κ2) is 12.0. The molecule has 4 aromatic rings. The zero-order chi connectivity index (χ0) is 29.0. The van der Waals surface area contributed by atoms with Crippen molar-refractivity contribution < 1.29 is 27.1 Å². The van der Waals surface area contributed by atoms with Gasteiger partial charge in [-0.3, -0.25) is 18.9 Å². The lowest BCUT2D eigenvalue weighted by molar-refractivity contribution is -0.126. The lowest BCUT2D eigenvalue weighted by Crippen LogP contribution is -2.36. The molecule has 0 bridgehead atoms. The Labute approximate surface area is 234 Å². The van der Waals surface area contributed by atoms with Gasteiger partial charge < -0.3 is 14.8 Å². The first kappa shape index (κ1) is 28.9. The van der Waals surface area contributed by atoms with E-state index in [1.807, 2.05) is 0 Å². The van der Waals surface area contributed by atoms with Gasteiger partial charge in [-0.2, -0.15) is 0 Å². The molecular formula is C26H25ClFN5O6S. The molecule has 0 aliphatic carbocycles. The van der Waals surface area contributed by atoms with Crippen molar-refractivity contribution in [2.24, 2.45) is 5.92 Å². The highest BCUT2D eigenvalue weighted by molar-refractivity contribution is 7.92. The molecule has 1 amide bonds. The van der Waals surface area contributed by atoms with E-state index in [1.165, 1.54) is 44.4 Å². The topological polar surface area (TPSA) is 142 Å². The van der Waals surface area contributed by atoms with Gasteiger partial charge in [0.2, 0.25) is 11.8 Å². The molecule has 0 aliphatic rings. The number of halogens is 2. The zero-order valence-corrected chi connectivity index (χ0v) is 23.2. The predicted octanol–water partition coefficient (Wildman–Crippen LogP) is 3.07. The molecular weight excluding hydrogens is 565 g/mol. The predicted molar refractivity (Wildman–Crippen MR) is 147 cm³/mol. The van der Waals surface area contributed by atoms with Gasteiger partial charge >= 0.3 is 0 Å². The van der Waals surface area contributed by atoms with Gasteiger partial charge in [-0.05, 0) is 42.0 Å². The number of carbonyl (C=O) groups is 1. The summed E-state index contributed by atoms with van der Waals surface area (Å²) in [6.45, 7) is 0.172.